The van der Waals surface area contributed by atoms with Gasteiger partial charge in [-0.3, -0.25) is 5.10 Å². The van der Waals surface area contributed by atoms with Gasteiger partial charge < -0.3 is 15.0 Å². The van der Waals surface area contributed by atoms with E-state index in [-0.39, 0.29) is 18.2 Å². The number of nitriles is 1. The molecule has 0 aliphatic carbocycles. The van der Waals surface area contributed by atoms with E-state index in [1.54, 1.807) is 12.1 Å². The van der Waals surface area contributed by atoms with E-state index in [0.717, 1.165) is 27.7 Å². The fraction of sp³-hybridized carbons (Fsp3) is 0.130. The summed E-state index contributed by atoms with van der Waals surface area (Å²) in [6, 6.07) is 14.6. The number of hydrogen-bond donors (Lipinski definition) is 2. The summed E-state index contributed by atoms with van der Waals surface area (Å²) in [6.45, 7) is 2.12. The number of rotatable bonds is 3. The minimum atomic E-state index is -0.463. The number of allylic oxidation sites excluding steroid dienone is 1. The van der Waals surface area contributed by atoms with Crippen LogP contribution in [-0.4, -0.2) is 14.8 Å². The van der Waals surface area contributed by atoms with Crippen molar-refractivity contribution in [3.05, 3.63) is 93.3 Å². The molecular formula is C23H17ClFN5O. The predicted octanol–water partition coefficient (Wildman–Crippen LogP) is 4.73. The predicted molar refractivity (Wildman–Crippen MR) is 115 cm³/mol. The van der Waals surface area contributed by atoms with Crippen LogP contribution in [0.4, 0.5) is 4.39 Å². The van der Waals surface area contributed by atoms with Gasteiger partial charge in [0, 0.05) is 38.9 Å². The summed E-state index contributed by atoms with van der Waals surface area (Å²) in [6.07, 6.45) is 1.92. The first kappa shape index (κ1) is 19.2. The third kappa shape index (κ3) is 2.95. The van der Waals surface area contributed by atoms with Gasteiger partial charge in [0.15, 0.2) is 0 Å². The van der Waals surface area contributed by atoms with E-state index in [4.69, 9.17) is 22.1 Å². The number of aromatic amines is 1. The zero-order valence-corrected chi connectivity index (χ0v) is 17.2. The van der Waals surface area contributed by atoms with Crippen molar-refractivity contribution in [1.82, 2.24) is 14.8 Å². The molecule has 31 heavy (non-hydrogen) atoms. The lowest BCUT2D eigenvalue weighted by Gasteiger charge is -2.23. The maximum Gasteiger partial charge on any atom is 0.244 e. The van der Waals surface area contributed by atoms with Crippen molar-refractivity contribution in [3.8, 4) is 11.9 Å². The molecule has 6 nitrogen and oxygen atoms in total. The summed E-state index contributed by atoms with van der Waals surface area (Å²) in [5.74, 6) is -0.448. The molecule has 0 saturated heterocycles. The monoisotopic (exact) mass is 433 g/mol. The molecule has 0 fully saturated rings. The highest BCUT2D eigenvalue weighted by atomic mass is 35.5. The molecule has 2 aromatic carbocycles. The molecule has 0 radical (unpaired) electrons. The Labute approximate surface area is 182 Å². The Bertz CT molecular complexity index is 1390. The normalized spacial score (nSPS) is 15.6. The lowest BCUT2D eigenvalue weighted by atomic mass is 9.84. The number of H-pyrrole nitrogens is 1. The number of nitrogens with one attached hydrogen (secondary N) is 1. The number of nitrogens with two attached hydrogens (primary N) is 1. The Hall–Kier alpha value is -3.76. The van der Waals surface area contributed by atoms with Crippen molar-refractivity contribution >= 4 is 22.5 Å². The van der Waals surface area contributed by atoms with Crippen molar-refractivity contribution in [3.63, 3.8) is 0 Å². The molecule has 0 amide bonds. The summed E-state index contributed by atoms with van der Waals surface area (Å²) in [4.78, 5) is 0. The fourth-order valence-electron chi connectivity index (χ4n) is 4.20. The summed E-state index contributed by atoms with van der Waals surface area (Å²) in [5.41, 5.74) is 10.1. The van der Waals surface area contributed by atoms with Gasteiger partial charge in [-0.2, -0.15) is 5.26 Å². The quantitative estimate of drug-likeness (QED) is 0.488. The van der Waals surface area contributed by atoms with E-state index in [2.05, 4.69) is 16.3 Å². The molecule has 1 atom stereocenters. The van der Waals surface area contributed by atoms with Gasteiger partial charge in [-0.25, -0.2) is 4.39 Å². The highest BCUT2D eigenvalue weighted by Gasteiger charge is 2.36. The highest BCUT2D eigenvalue weighted by Crippen LogP contribution is 2.45. The smallest absolute Gasteiger partial charge is 0.244 e. The number of benzene rings is 2. The van der Waals surface area contributed by atoms with Crippen LogP contribution in [0.15, 0.2) is 60.1 Å². The highest BCUT2D eigenvalue weighted by molar-refractivity contribution is 6.31. The van der Waals surface area contributed by atoms with Crippen LogP contribution in [0.1, 0.15) is 28.3 Å². The molecule has 0 spiro atoms. The molecule has 3 heterocycles. The maximum atomic E-state index is 14.5. The summed E-state index contributed by atoms with van der Waals surface area (Å²) >= 11 is 6.27. The third-order valence-corrected chi connectivity index (χ3v) is 6.00. The minimum Gasteiger partial charge on any atom is -0.420 e. The van der Waals surface area contributed by atoms with Crippen LogP contribution in [0.5, 0.6) is 5.88 Å². The molecule has 0 saturated carbocycles. The van der Waals surface area contributed by atoms with Crippen molar-refractivity contribution in [2.45, 2.75) is 19.4 Å². The van der Waals surface area contributed by atoms with Gasteiger partial charge in [-0.15, -0.1) is 5.10 Å². The number of para-hydroxylation sites is 1. The van der Waals surface area contributed by atoms with Crippen molar-refractivity contribution in [2.75, 3.05) is 0 Å². The van der Waals surface area contributed by atoms with Crippen molar-refractivity contribution in [2.24, 2.45) is 5.73 Å². The fourth-order valence-corrected chi connectivity index (χ4v) is 4.42. The topological polar surface area (TPSA) is 92.7 Å². The third-order valence-electron chi connectivity index (χ3n) is 5.65. The molecule has 2 aromatic heterocycles. The zero-order chi connectivity index (χ0) is 21.7. The number of aryl methyl sites for hydroxylation is 1. The van der Waals surface area contributed by atoms with Crippen LogP contribution in [0.3, 0.4) is 0 Å². The van der Waals surface area contributed by atoms with Gasteiger partial charge in [0.2, 0.25) is 11.8 Å². The first-order valence-electron chi connectivity index (χ1n) is 9.62. The Morgan fingerprint density at radius 2 is 2.10 bits per heavy atom. The van der Waals surface area contributed by atoms with Gasteiger partial charge in [-0.05, 0) is 30.7 Å². The SMILES string of the molecule is Cc1[nH]nc2c1[C@@H](c1cn(Cc3c(F)cccc3Cl)c3ccccc13)C(C#N)=C(N)O2. The van der Waals surface area contributed by atoms with Gasteiger partial charge in [0.25, 0.3) is 0 Å². The Balaban J connectivity index is 1.74. The molecule has 154 valence electrons. The van der Waals surface area contributed by atoms with Crippen LogP contribution in [-0.2, 0) is 6.54 Å². The molecule has 8 heteroatoms. The van der Waals surface area contributed by atoms with Gasteiger partial charge in [-0.1, -0.05) is 35.9 Å². The number of aromatic nitrogens is 3. The summed E-state index contributed by atoms with van der Waals surface area (Å²) in [7, 11) is 0. The number of ether oxygens (including phenoxy) is 1. The second-order valence-electron chi connectivity index (χ2n) is 7.42. The van der Waals surface area contributed by atoms with Crippen LogP contribution >= 0.6 is 11.6 Å². The lowest BCUT2D eigenvalue weighted by molar-refractivity contribution is 0.379. The minimum absolute atomic E-state index is 0.0282. The van der Waals surface area contributed by atoms with E-state index >= 15 is 0 Å². The van der Waals surface area contributed by atoms with Crippen molar-refractivity contribution < 1.29 is 9.13 Å². The van der Waals surface area contributed by atoms with Gasteiger partial charge in [0.1, 0.15) is 17.5 Å². The van der Waals surface area contributed by atoms with Crippen LogP contribution < -0.4 is 10.5 Å². The molecule has 0 bridgehead atoms. The van der Waals surface area contributed by atoms with E-state index in [0.29, 0.717) is 22.0 Å². The Morgan fingerprint density at radius 1 is 1.29 bits per heavy atom. The van der Waals surface area contributed by atoms with Gasteiger partial charge in [0.05, 0.1) is 12.5 Å². The van der Waals surface area contributed by atoms with E-state index in [1.165, 1.54) is 6.07 Å². The van der Waals surface area contributed by atoms with Crippen LogP contribution in [0, 0.1) is 24.1 Å². The maximum absolute atomic E-state index is 14.5. The molecule has 1 aliphatic rings. The van der Waals surface area contributed by atoms with Crippen LogP contribution in [0.25, 0.3) is 10.9 Å². The molecule has 5 rings (SSSR count). The number of halogens is 2. The zero-order valence-electron chi connectivity index (χ0n) is 16.5. The molecule has 3 N–H and O–H groups in total. The average Bonchev–Trinajstić information content (AvgIpc) is 3.30. The molecule has 0 unspecified atom stereocenters. The second-order valence-corrected chi connectivity index (χ2v) is 7.83. The lowest BCUT2D eigenvalue weighted by Crippen LogP contribution is -2.21. The largest absolute Gasteiger partial charge is 0.420 e. The molecule has 4 aromatic rings. The summed E-state index contributed by atoms with van der Waals surface area (Å²) < 4.78 is 22.0. The molecule has 1 aliphatic heterocycles. The van der Waals surface area contributed by atoms with Crippen molar-refractivity contribution in [1.29, 1.82) is 5.26 Å². The van der Waals surface area contributed by atoms with Crippen LogP contribution in [0.2, 0.25) is 5.02 Å². The molecular weight excluding hydrogens is 417 g/mol. The Morgan fingerprint density at radius 3 is 2.87 bits per heavy atom. The first-order chi connectivity index (χ1) is 15.0. The standard InChI is InChI=1S/C23H17ClFN5O/c1-12-20-21(14(9-26)22(27)31-23(20)29-28-12)15-10-30(19-8-3-2-5-13(15)19)11-16-17(24)6-4-7-18(16)25/h2-8,10,21H,11,27H2,1H3,(H,28,29)/t21-/m1/s1. The summed E-state index contributed by atoms with van der Waals surface area (Å²) in [5, 5.41) is 18.2. The number of fused-ring (bicyclic) bond motifs is 2. The first-order valence-corrected chi connectivity index (χ1v) is 10.0. The number of nitrogens with zero attached hydrogens (tertiary/aromatic N) is 3. The van der Waals surface area contributed by atoms with Gasteiger partial charge >= 0.3 is 0 Å². The van der Waals surface area contributed by atoms with E-state index in [9.17, 15) is 9.65 Å². The van der Waals surface area contributed by atoms with E-state index < -0.39 is 5.92 Å². The average molecular weight is 434 g/mol. The van der Waals surface area contributed by atoms with E-state index in [1.807, 2.05) is 42.0 Å². The number of hydrogen-bond acceptors (Lipinski definition) is 4. The second kappa shape index (κ2) is 7.18. The Kier molecular flexibility index (Phi) is 4.45.